The van der Waals surface area contributed by atoms with E-state index in [-0.39, 0.29) is 36.8 Å². The highest BCUT2D eigenvalue weighted by atomic mass is 32.2. The third kappa shape index (κ3) is 8.70. The van der Waals surface area contributed by atoms with E-state index in [9.17, 15) is 27.1 Å². The van der Waals surface area contributed by atoms with Crippen molar-refractivity contribution >= 4 is 21.9 Å². The Morgan fingerprint density at radius 3 is 2.51 bits per heavy atom. The maximum Gasteiger partial charge on any atom is 0.312 e. The number of nitrogens with one attached hydrogen (secondary N) is 2. The van der Waals surface area contributed by atoms with Crippen molar-refractivity contribution in [3.05, 3.63) is 95.4 Å². The molecule has 2 aromatic carbocycles. The van der Waals surface area contributed by atoms with Gasteiger partial charge in [-0.25, -0.2) is 21.5 Å². The van der Waals surface area contributed by atoms with Crippen molar-refractivity contribution in [2.24, 2.45) is 0 Å². The topological polar surface area (TPSA) is 125 Å². The standard InChI is InChI=1S/C27H32F2N4O5S/c1-4-9-33(39(3,36)37)27-32-24(17-38-27)26(35)31-23(13-20-11-21(28)14-22(29)12-20)25(34)16-30-15-19-8-6-7-18(5-2)10-19/h4,6-8,10-12,14,17,23,25,30,34H,1,5,9,13,15-16H2,2-3H3,(H,31,35)/t23-,25-/m0/s1. The molecular formula is C27H32F2N4O5S. The number of anilines is 1. The smallest absolute Gasteiger partial charge is 0.312 e. The third-order valence-corrected chi connectivity index (χ3v) is 6.98. The number of oxazole rings is 1. The van der Waals surface area contributed by atoms with Crippen molar-refractivity contribution in [1.29, 1.82) is 0 Å². The molecular weight excluding hydrogens is 530 g/mol. The van der Waals surface area contributed by atoms with Crippen LogP contribution in [0.3, 0.4) is 0 Å². The van der Waals surface area contributed by atoms with Gasteiger partial charge in [-0.3, -0.25) is 4.79 Å². The molecule has 0 saturated heterocycles. The summed E-state index contributed by atoms with van der Waals surface area (Å²) in [6.45, 7) is 5.94. The van der Waals surface area contributed by atoms with Crippen molar-refractivity contribution in [3.63, 3.8) is 0 Å². The van der Waals surface area contributed by atoms with Crippen LogP contribution in [-0.4, -0.2) is 55.9 Å². The number of aryl methyl sites for hydroxylation is 1. The molecule has 0 aliphatic heterocycles. The Hall–Kier alpha value is -3.61. The van der Waals surface area contributed by atoms with Crippen LogP contribution < -0.4 is 14.9 Å². The highest BCUT2D eigenvalue weighted by molar-refractivity contribution is 7.92. The maximum atomic E-state index is 13.8. The summed E-state index contributed by atoms with van der Waals surface area (Å²) >= 11 is 0. The number of aliphatic hydroxyl groups excluding tert-OH is 1. The molecule has 1 aromatic heterocycles. The van der Waals surface area contributed by atoms with Crippen molar-refractivity contribution in [1.82, 2.24) is 15.6 Å². The first-order valence-corrected chi connectivity index (χ1v) is 14.1. The molecule has 0 radical (unpaired) electrons. The first kappa shape index (κ1) is 29.9. The van der Waals surface area contributed by atoms with E-state index in [1.54, 1.807) is 0 Å². The van der Waals surface area contributed by atoms with E-state index >= 15 is 0 Å². The molecule has 39 heavy (non-hydrogen) atoms. The van der Waals surface area contributed by atoms with Gasteiger partial charge < -0.3 is 20.2 Å². The third-order valence-electron chi connectivity index (χ3n) is 5.87. The molecule has 1 heterocycles. The average Bonchev–Trinajstić information content (AvgIpc) is 3.35. The van der Waals surface area contributed by atoms with Gasteiger partial charge in [-0.05, 0) is 41.7 Å². The van der Waals surface area contributed by atoms with Crippen LogP contribution in [0.1, 0.15) is 34.1 Å². The number of carbonyl (C=O) groups is 1. The molecule has 210 valence electrons. The van der Waals surface area contributed by atoms with Crippen LogP contribution in [0.4, 0.5) is 14.8 Å². The summed E-state index contributed by atoms with van der Waals surface area (Å²) in [5.41, 5.74) is 2.17. The van der Waals surface area contributed by atoms with Gasteiger partial charge in [0.1, 0.15) is 17.9 Å². The van der Waals surface area contributed by atoms with Crippen LogP contribution in [0.5, 0.6) is 0 Å². The van der Waals surface area contributed by atoms with E-state index in [1.807, 2.05) is 24.3 Å². The van der Waals surface area contributed by atoms with E-state index in [2.05, 4.69) is 29.1 Å². The Bertz CT molecular complexity index is 1380. The average molecular weight is 563 g/mol. The van der Waals surface area contributed by atoms with Crippen molar-refractivity contribution in [2.75, 3.05) is 23.7 Å². The van der Waals surface area contributed by atoms with Gasteiger partial charge in [0.25, 0.3) is 5.91 Å². The number of hydrogen-bond donors (Lipinski definition) is 3. The number of aromatic nitrogens is 1. The SMILES string of the molecule is C=CCN(c1nc(C(=O)N[C@@H](Cc2cc(F)cc(F)c2)[C@@H](O)CNCc2cccc(CC)c2)co1)S(C)(=O)=O. The Labute approximate surface area is 226 Å². The molecule has 1 amide bonds. The number of benzene rings is 2. The molecule has 9 nitrogen and oxygen atoms in total. The second-order valence-corrected chi connectivity index (χ2v) is 10.9. The molecule has 3 rings (SSSR count). The van der Waals surface area contributed by atoms with Gasteiger partial charge in [0, 0.05) is 19.2 Å². The van der Waals surface area contributed by atoms with Crippen LogP contribution in [0, 0.1) is 11.6 Å². The number of amides is 1. The summed E-state index contributed by atoms with van der Waals surface area (Å²) in [6, 6.07) is 9.61. The number of sulfonamides is 1. The number of nitrogens with zero attached hydrogens (tertiary/aromatic N) is 2. The molecule has 0 aliphatic rings. The largest absolute Gasteiger partial charge is 0.430 e. The highest BCUT2D eigenvalue weighted by Gasteiger charge is 2.27. The summed E-state index contributed by atoms with van der Waals surface area (Å²) in [4.78, 5) is 17.0. The molecule has 3 N–H and O–H groups in total. The fraction of sp³-hybridized carbons (Fsp3) is 0.333. The van der Waals surface area contributed by atoms with Crippen molar-refractivity contribution < 1.29 is 31.5 Å². The zero-order valence-corrected chi connectivity index (χ0v) is 22.5. The fourth-order valence-electron chi connectivity index (χ4n) is 3.93. The van der Waals surface area contributed by atoms with Crippen LogP contribution in [-0.2, 0) is 29.4 Å². The monoisotopic (exact) mass is 562 g/mol. The summed E-state index contributed by atoms with van der Waals surface area (Å²) in [7, 11) is -3.76. The van der Waals surface area contributed by atoms with Crippen LogP contribution >= 0.6 is 0 Å². The zero-order chi connectivity index (χ0) is 28.6. The lowest BCUT2D eigenvalue weighted by Crippen LogP contribution is -2.48. The molecule has 3 aromatic rings. The Kier molecular flexibility index (Phi) is 10.3. The number of rotatable bonds is 14. The first-order chi connectivity index (χ1) is 18.5. The van der Waals surface area contributed by atoms with Gasteiger partial charge in [-0.1, -0.05) is 37.3 Å². The van der Waals surface area contributed by atoms with Gasteiger partial charge in [0.05, 0.1) is 24.9 Å². The molecule has 12 heteroatoms. The van der Waals surface area contributed by atoms with E-state index < -0.39 is 39.7 Å². The normalized spacial score (nSPS) is 13.1. The molecule has 0 unspecified atom stereocenters. The summed E-state index contributed by atoms with van der Waals surface area (Å²) < 4.78 is 57.7. The Morgan fingerprint density at radius 1 is 1.18 bits per heavy atom. The van der Waals surface area contributed by atoms with E-state index in [0.717, 1.165) is 47.0 Å². The Balaban J connectivity index is 1.76. The van der Waals surface area contributed by atoms with Crippen LogP contribution in [0.15, 0.2) is 65.8 Å². The number of aliphatic hydroxyl groups is 1. The lowest BCUT2D eigenvalue weighted by molar-refractivity contribution is 0.0825. The molecule has 2 atom stereocenters. The number of carbonyl (C=O) groups excluding carboxylic acids is 1. The van der Waals surface area contributed by atoms with Gasteiger partial charge in [-0.2, -0.15) is 4.98 Å². The minimum absolute atomic E-state index is 0.0599. The van der Waals surface area contributed by atoms with E-state index in [1.165, 1.54) is 11.6 Å². The summed E-state index contributed by atoms with van der Waals surface area (Å²) in [5.74, 6) is -2.35. The minimum atomic E-state index is -3.76. The molecule has 0 bridgehead atoms. The minimum Gasteiger partial charge on any atom is -0.430 e. The van der Waals surface area contributed by atoms with E-state index in [4.69, 9.17) is 4.42 Å². The molecule has 0 spiro atoms. The molecule has 0 fully saturated rings. The molecule has 0 saturated carbocycles. The maximum absolute atomic E-state index is 13.8. The van der Waals surface area contributed by atoms with Crippen LogP contribution in [0.2, 0.25) is 0 Å². The van der Waals surface area contributed by atoms with Gasteiger partial charge >= 0.3 is 6.01 Å². The van der Waals surface area contributed by atoms with E-state index in [0.29, 0.717) is 6.54 Å². The van der Waals surface area contributed by atoms with Gasteiger partial charge in [0.2, 0.25) is 10.0 Å². The second kappa shape index (κ2) is 13.5. The quantitative estimate of drug-likeness (QED) is 0.258. The number of halogens is 2. The summed E-state index contributed by atoms with van der Waals surface area (Å²) in [5, 5.41) is 16.7. The van der Waals surface area contributed by atoms with Gasteiger partial charge in [0.15, 0.2) is 5.69 Å². The summed E-state index contributed by atoms with van der Waals surface area (Å²) in [6.07, 6.45) is 2.90. The first-order valence-electron chi connectivity index (χ1n) is 12.3. The second-order valence-electron chi connectivity index (χ2n) is 9.03. The zero-order valence-electron chi connectivity index (χ0n) is 21.7. The predicted molar refractivity (Wildman–Crippen MR) is 144 cm³/mol. The fourth-order valence-corrected chi connectivity index (χ4v) is 4.67. The predicted octanol–water partition coefficient (Wildman–Crippen LogP) is 2.96. The lowest BCUT2D eigenvalue weighted by atomic mass is 10.00. The number of hydrogen-bond acceptors (Lipinski definition) is 7. The van der Waals surface area contributed by atoms with Crippen LogP contribution in [0.25, 0.3) is 0 Å². The lowest BCUT2D eigenvalue weighted by Gasteiger charge is -2.24. The highest BCUT2D eigenvalue weighted by Crippen LogP contribution is 2.18. The van der Waals surface area contributed by atoms with Crippen molar-refractivity contribution in [3.8, 4) is 0 Å². The Morgan fingerprint density at radius 2 is 1.87 bits per heavy atom. The molecule has 0 aliphatic carbocycles. The van der Waals surface area contributed by atoms with Crippen molar-refractivity contribution in [2.45, 2.75) is 38.5 Å². The van der Waals surface area contributed by atoms with Gasteiger partial charge in [-0.15, -0.1) is 6.58 Å².